The Morgan fingerprint density at radius 3 is 2.61 bits per heavy atom. The molecule has 0 saturated carbocycles. The monoisotopic (exact) mass is 316 g/mol. The van der Waals surface area contributed by atoms with E-state index < -0.39 is 6.04 Å². The number of hydrogen-bond donors (Lipinski definition) is 3. The lowest BCUT2D eigenvalue weighted by Gasteiger charge is -2.19. The van der Waals surface area contributed by atoms with Gasteiger partial charge in [-0.25, -0.2) is 5.43 Å². The van der Waals surface area contributed by atoms with Crippen LogP contribution >= 0.6 is 0 Å². The average molecular weight is 316 g/mol. The van der Waals surface area contributed by atoms with E-state index in [4.69, 9.17) is 5.73 Å². The minimum absolute atomic E-state index is 0.0655. The van der Waals surface area contributed by atoms with Crippen molar-refractivity contribution in [2.24, 2.45) is 22.7 Å². The summed E-state index contributed by atoms with van der Waals surface area (Å²) in [5.41, 5.74) is 10.9. The number of nitrogens with two attached hydrogens (primary N) is 1. The minimum atomic E-state index is -0.507. The van der Waals surface area contributed by atoms with Gasteiger partial charge >= 0.3 is 0 Å². The molecule has 0 bridgehead atoms. The maximum Gasteiger partial charge on any atom is 0.241 e. The van der Waals surface area contributed by atoms with Crippen LogP contribution in [0.4, 0.5) is 5.69 Å². The fourth-order valence-corrected chi connectivity index (χ4v) is 2.58. The van der Waals surface area contributed by atoms with Gasteiger partial charge in [0.1, 0.15) is 0 Å². The summed E-state index contributed by atoms with van der Waals surface area (Å²) in [7, 11) is 0. The van der Waals surface area contributed by atoms with Gasteiger partial charge in [-0.05, 0) is 30.0 Å². The Hall–Kier alpha value is -2.21. The molecule has 2 rings (SSSR count). The molecule has 0 fully saturated rings. The van der Waals surface area contributed by atoms with Crippen molar-refractivity contribution in [3.8, 4) is 0 Å². The van der Waals surface area contributed by atoms with E-state index in [1.165, 1.54) is 0 Å². The molecule has 4 N–H and O–H groups in total. The molecule has 2 amide bonds. The van der Waals surface area contributed by atoms with Gasteiger partial charge in [-0.15, -0.1) is 0 Å². The first-order valence-electron chi connectivity index (χ1n) is 7.90. The molecule has 0 radical (unpaired) electrons. The van der Waals surface area contributed by atoms with E-state index in [0.717, 1.165) is 11.3 Å². The molecule has 1 aromatic rings. The first-order chi connectivity index (χ1) is 10.9. The Labute approximate surface area is 136 Å². The van der Waals surface area contributed by atoms with Crippen LogP contribution < -0.4 is 16.5 Å². The molecule has 0 aromatic heterocycles. The Morgan fingerprint density at radius 2 is 2.04 bits per heavy atom. The van der Waals surface area contributed by atoms with Gasteiger partial charge in [0.2, 0.25) is 11.8 Å². The van der Waals surface area contributed by atoms with E-state index in [1.807, 2.05) is 45.0 Å². The van der Waals surface area contributed by atoms with Crippen molar-refractivity contribution in [1.29, 1.82) is 0 Å². The third kappa shape index (κ3) is 4.63. The van der Waals surface area contributed by atoms with E-state index in [0.29, 0.717) is 24.4 Å². The largest absolute Gasteiger partial charge is 0.325 e. The molecule has 124 valence electrons. The van der Waals surface area contributed by atoms with Gasteiger partial charge in [0.15, 0.2) is 0 Å². The Bertz CT molecular complexity index is 608. The SMILES string of the molecule is CC(C)C[C@@H](N)C(=O)Nc1ccc(C2=NNC(=O)CC2C)cc1. The van der Waals surface area contributed by atoms with E-state index in [-0.39, 0.29) is 17.7 Å². The van der Waals surface area contributed by atoms with Gasteiger partial charge < -0.3 is 11.1 Å². The lowest BCUT2D eigenvalue weighted by Crippen LogP contribution is -2.36. The highest BCUT2D eigenvalue weighted by molar-refractivity contribution is 6.06. The topological polar surface area (TPSA) is 96.6 Å². The molecule has 1 aliphatic rings. The van der Waals surface area contributed by atoms with Gasteiger partial charge in [0.05, 0.1) is 11.8 Å². The van der Waals surface area contributed by atoms with Crippen LogP contribution in [0.5, 0.6) is 0 Å². The summed E-state index contributed by atoms with van der Waals surface area (Å²) >= 11 is 0. The second-order valence-electron chi connectivity index (χ2n) is 6.44. The van der Waals surface area contributed by atoms with Crippen LogP contribution in [0.2, 0.25) is 0 Å². The normalized spacial score (nSPS) is 19.1. The Kier molecular flexibility index (Phi) is 5.50. The second-order valence-corrected chi connectivity index (χ2v) is 6.44. The lowest BCUT2D eigenvalue weighted by molar-refractivity contribution is -0.122. The van der Waals surface area contributed by atoms with E-state index in [1.54, 1.807) is 0 Å². The maximum atomic E-state index is 12.0. The van der Waals surface area contributed by atoms with Crippen molar-refractivity contribution < 1.29 is 9.59 Å². The van der Waals surface area contributed by atoms with Crippen molar-refractivity contribution in [3.05, 3.63) is 29.8 Å². The number of hydrazone groups is 1. The van der Waals surface area contributed by atoms with Crippen molar-refractivity contribution in [1.82, 2.24) is 5.43 Å². The molecule has 1 heterocycles. The molecular formula is C17H24N4O2. The van der Waals surface area contributed by atoms with Crippen molar-refractivity contribution >= 4 is 23.2 Å². The predicted molar refractivity (Wildman–Crippen MR) is 91.0 cm³/mol. The molecular weight excluding hydrogens is 292 g/mol. The van der Waals surface area contributed by atoms with Crippen molar-refractivity contribution in [2.45, 2.75) is 39.7 Å². The molecule has 1 aromatic carbocycles. The van der Waals surface area contributed by atoms with Crippen LogP contribution in [-0.4, -0.2) is 23.6 Å². The zero-order valence-corrected chi connectivity index (χ0v) is 13.8. The summed E-state index contributed by atoms with van der Waals surface area (Å²) in [6, 6.07) is 6.90. The molecule has 6 nitrogen and oxygen atoms in total. The number of nitrogens with zero attached hydrogens (tertiary/aromatic N) is 1. The molecule has 2 atom stereocenters. The summed E-state index contributed by atoms with van der Waals surface area (Å²) in [6.45, 7) is 6.04. The number of anilines is 1. The fraction of sp³-hybridized carbons (Fsp3) is 0.471. The minimum Gasteiger partial charge on any atom is -0.325 e. The number of nitrogens with one attached hydrogen (secondary N) is 2. The molecule has 0 saturated heterocycles. The van der Waals surface area contributed by atoms with E-state index in [2.05, 4.69) is 15.8 Å². The molecule has 23 heavy (non-hydrogen) atoms. The molecule has 1 unspecified atom stereocenters. The smallest absolute Gasteiger partial charge is 0.241 e. The number of carbonyl (C=O) groups excluding carboxylic acids is 2. The molecule has 0 aliphatic carbocycles. The maximum absolute atomic E-state index is 12.0. The van der Waals surface area contributed by atoms with Gasteiger partial charge in [-0.2, -0.15) is 5.10 Å². The first-order valence-corrected chi connectivity index (χ1v) is 7.90. The van der Waals surface area contributed by atoms with Crippen molar-refractivity contribution in [3.63, 3.8) is 0 Å². The number of amides is 2. The molecule has 1 aliphatic heterocycles. The highest BCUT2D eigenvalue weighted by atomic mass is 16.2. The summed E-state index contributed by atoms with van der Waals surface area (Å²) < 4.78 is 0. The fourth-order valence-electron chi connectivity index (χ4n) is 2.58. The van der Waals surface area contributed by atoms with Crippen LogP contribution in [0.25, 0.3) is 0 Å². The highest BCUT2D eigenvalue weighted by Crippen LogP contribution is 2.18. The third-order valence-electron chi connectivity index (χ3n) is 3.77. The van der Waals surface area contributed by atoms with Crippen LogP contribution in [-0.2, 0) is 9.59 Å². The zero-order chi connectivity index (χ0) is 17.0. The third-order valence-corrected chi connectivity index (χ3v) is 3.77. The van der Waals surface area contributed by atoms with Crippen LogP contribution in [0, 0.1) is 11.8 Å². The van der Waals surface area contributed by atoms with Gasteiger partial charge in [-0.3, -0.25) is 9.59 Å². The lowest BCUT2D eigenvalue weighted by atomic mass is 9.94. The number of hydrogen-bond acceptors (Lipinski definition) is 4. The summed E-state index contributed by atoms with van der Waals surface area (Å²) in [4.78, 5) is 23.3. The molecule has 0 spiro atoms. The predicted octanol–water partition coefficient (Wildman–Crippen LogP) is 1.86. The molecule has 6 heteroatoms. The van der Waals surface area contributed by atoms with Crippen molar-refractivity contribution in [2.75, 3.05) is 5.32 Å². The van der Waals surface area contributed by atoms with E-state index >= 15 is 0 Å². The van der Waals surface area contributed by atoms with Gasteiger partial charge in [0.25, 0.3) is 0 Å². The van der Waals surface area contributed by atoms with Gasteiger partial charge in [-0.1, -0.05) is 32.9 Å². The second kappa shape index (κ2) is 7.37. The quantitative estimate of drug-likeness (QED) is 0.773. The Balaban J connectivity index is 2.02. The standard InChI is InChI=1S/C17H24N4O2/c1-10(2)8-14(18)17(23)19-13-6-4-12(5-7-13)16-11(3)9-15(22)20-21-16/h4-7,10-11,14H,8-9,18H2,1-3H3,(H,19,23)(H,20,22)/t11?,14-/m1/s1. The zero-order valence-electron chi connectivity index (χ0n) is 13.8. The first kappa shape index (κ1) is 17.1. The van der Waals surface area contributed by atoms with E-state index in [9.17, 15) is 9.59 Å². The number of carbonyl (C=O) groups is 2. The average Bonchev–Trinajstić information content (AvgIpc) is 2.47. The Morgan fingerprint density at radius 1 is 1.39 bits per heavy atom. The summed E-state index contributed by atoms with van der Waals surface area (Å²) in [5, 5.41) is 6.94. The summed E-state index contributed by atoms with van der Waals surface area (Å²) in [6.07, 6.45) is 1.08. The number of benzene rings is 1. The highest BCUT2D eigenvalue weighted by Gasteiger charge is 2.21. The van der Waals surface area contributed by atoms with Crippen LogP contribution in [0.1, 0.15) is 39.2 Å². The van der Waals surface area contributed by atoms with Crippen LogP contribution in [0.3, 0.4) is 0 Å². The number of rotatable bonds is 5. The summed E-state index contributed by atoms with van der Waals surface area (Å²) in [5.74, 6) is 0.203. The van der Waals surface area contributed by atoms with Crippen LogP contribution in [0.15, 0.2) is 29.4 Å². The van der Waals surface area contributed by atoms with Gasteiger partial charge in [0, 0.05) is 18.0 Å².